The Morgan fingerprint density at radius 2 is 2.33 bits per heavy atom. The second-order valence-electron chi connectivity index (χ2n) is 2.90. The molecule has 2 heterocycles. The van der Waals surface area contributed by atoms with Crippen molar-refractivity contribution in [2.75, 3.05) is 5.32 Å². The van der Waals surface area contributed by atoms with Crippen molar-refractivity contribution in [3.8, 4) is 0 Å². The Morgan fingerprint density at radius 1 is 1.47 bits per heavy atom. The lowest BCUT2D eigenvalue weighted by molar-refractivity contribution is 0.646. The molecule has 1 N–H and O–H groups in total. The van der Waals surface area contributed by atoms with Gasteiger partial charge in [0.05, 0.1) is 17.2 Å². The van der Waals surface area contributed by atoms with E-state index >= 15 is 0 Å². The van der Waals surface area contributed by atoms with E-state index in [1.165, 1.54) is 11.1 Å². The maximum Gasteiger partial charge on any atom is 0.144 e. The van der Waals surface area contributed by atoms with Crippen LogP contribution in [0.2, 0.25) is 0 Å². The summed E-state index contributed by atoms with van der Waals surface area (Å²) in [6.07, 6.45) is 4.89. The van der Waals surface area contributed by atoms with Crippen molar-refractivity contribution < 1.29 is 0 Å². The van der Waals surface area contributed by atoms with E-state index in [9.17, 15) is 0 Å². The first-order valence-corrected chi connectivity index (χ1v) is 5.09. The highest BCUT2D eigenvalue weighted by molar-refractivity contribution is 9.10. The van der Waals surface area contributed by atoms with Crippen LogP contribution in [-0.2, 0) is 13.6 Å². The van der Waals surface area contributed by atoms with Crippen LogP contribution in [0.15, 0.2) is 23.2 Å². The number of anilines is 1. The molecule has 0 bridgehead atoms. The van der Waals surface area contributed by atoms with Crippen LogP contribution in [0.25, 0.3) is 0 Å². The molecule has 0 aromatic carbocycles. The van der Waals surface area contributed by atoms with Gasteiger partial charge in [-0.1, -0.05) is 0 Å². The third-order valence-corrected chi connectivity index (χ3v) is 2.33. The highest BCUT2D eigenvalue weighted by atomic mass is 79.9. The fourth-order valence-electron chi connectivity index (χ4n) is 1.09. The molecule has 0 saturated carbocycles. The molecular weight excluding hydrogens is 260 g/mol. The number of nitrogens with zero attached hydrogens (tertiary/aromatic N) is 5. The molecule has 0 aliphatic heterocycles. The Labute approximate surface area is 94.9 Å². The van der Waals surface area contributed by atoms with Crippen molar-refractivity contribution in [2.24, 2.45) is 7.05 Å². The van der Waals surface area contributed by atoms with Gasteiger partial charge in [0.1, 0.15) is 17.8 Å². The monoisotopic (exact) mass is 268 g/mol. The first kappa shape index (κ1) is 10.0. The molecule has 78 valence electrons. The molecule has 7 heteroatoms. The number of nitrogens with one attached hydrogen (secondary N) is 1. The average Bonchev–Trinajstić information content (AvgIpc) is 2.63. The molecule has 0 aliphatic rings. The summed E-state index contributed by atoms with van der Waals surface area (Å²) in [5.41, 5.74) is 0.864. The molecule has 0 aliphatic carbocycles. The molecule has 2 aromatic heterocycles. The van der Waals surface area contributed by atoms with Gasteiger partial charge in [-0.3, -0.25) is 0 Å². The Bertz CT molecular complexity index is 454. The van der Waals surface area contributed by atoms with E-state index in [4.69, 9.17) is 0 Å². The zero-order valence-corrected chi connectivity index (χ0v) is 9.64. The average molecular weight is 269 g/mol. The number of hydrogen-bond acceptors (Lipinski definition) is 5. The van der Waals surface area contributed by atoms with Gasteiger partial charge in [-0.15, -0.1) is 0 Å². The normalized spacial score (nSPS) is 10.3. The van der Waals surface area contributed by atoms with Gasteiger partial charge in [-0.2, -0.15) is 15.0 Å². The van der Waals surface area contributed by atoms with Crippen molar-refractivity contribution in [1.29, 1.82) is 0 Å². The summed E-state index contributed by atoms with van der Waals surface area (Å²) < 4.78 is 0.828. The van der Waals surface area contributed by atoms with E-state index in [1.54, 1.807) is 19.4 Å². The summed E-state index contributed by atoms with van der Waals surface area (Å²) in [6.45, 7) is 0.587. The molecule has 0 spiro atoms. The minimum absolute atomic E-state index is 0.587. The van der Waals surface area contributed by atoms with E-state index in [0.29, 0.717) is 6.54 Å². The van der Waals surface area contributed by atoms with Gasteiger partial charge in [0, 0.05) is 13.2 Å². The van der Waals surface area contributed by atoms with Crippen molar-refractivity contribution in [1.82, 2.24) is 25.0 Å². The maximum absolute atomic E-state index is 4.14. The summed E-state index contributed by atoms with van der Waals surface area (Å²) in [7, 11) is 1.78. The quantitative estimate of drug-likeness (QED) is 0.899. The van der Waals surface area contributed by atoms with E-state index in [1.807, 2.05) is 0 Å². The van der Waals surface area contributed by atoms with Gasteiger partial charge in [0.25, 0.3) is 0 Å². The smallest absolute Gasteiger partial charge is 0.144 e. The third-order valence-electron chi connectivity index (χ3n) is 1.75. The van der Waals surface area contributed by atoms with Crippen molar-refractivity contribution >= 4 is 21.7 Å². The summed E-state index contributed by atoms with van der Waals surface area (Å²) in [4.78, 5) is 9.47. The van der Waals surface area contributed by atoms with E-state index < -0.39 is 0 Å². The van der Waals surface area contributed by atoms with Gasteiger partial charge in [-0.05, 0) is 15.9 Å². The minimum atomic E-state index is 0.587. The zero-order valence-electron chi connectivity index (χ0n) is 8.05. The number of aromatic nitrogens is 5. The van der Waals surface area contributed by atoms with E-state index in [2.05, 4.69) is 41.4 Å². The Balaban J connectivity index is 2.02. The standard InChI is InChI=1S/C8H9BrN6/c1-15-13-3-6(14-15)2-11-8-7(9)4-10-5-12-8/h3-5H,2H2,1H3,(H,10,11,12). The van der Waals surface area contributed by atoms with Crippen LogP contribution in [0, 0.1) is 0 Å². The van der Waals surface area contributed by atoms with Crippen LogP contribution in [0.5, 0.6) is 0 Å². The Hall–Kier alpha value is -1.50. The summed E-state index contributed by atoms with van der Waals surface area (Å²) in [5.74, 6) is 0.746. The molecule has 15 heavy (non-hydrogen) atoms. The lowest BCUT2D eigenvalue weighted by Crippen LogP contribution is -2.03. The number of rotatable bonds is 3. The van der Waals surface area contributed by atoms with E-state index in [-0.39, 0.29) is 0 Å². The van der Waals surface area contributed by atoms with Gasteiger partial charge in [-0.25, -0.2) is 9.97 Å². The zero-order chi connectivity index (χ0) is 10.7. The predicted octanol–water partition coefficient (Wildman–Crippen LogP) is 0.980. The van der Waals surface area contributed by atoms with Crippen LogP contribution in [0.1, 0.15) is 5.69 Å². The summed E-state index contributed by atoms with van der Waals surface area (Å²) >= 11 is 3.35. The van der Waals surface area contributed by atoms with Crippen LogP contribution >= 0.6 is 15.9 Å². The van der Waals surface area contributed by atoms with Gasteiger partial charge < -0.3 is 5.32 Å². The van der Waals surface area contributed by atoms with Crippen LogP contribution < -0.4 is 5.32 Å². The summed E-state index contributed by atoms with van der Waals surface area (Å²) in [5, 5.41) is 11.2. The first-order valence-electron chi connectivity index (χ1n) is 4.30. The lowest BCUT2D eigenvalue weighted by Gasteiger charge is -2.03. The van der Waals surface area contributed by atoms with Gasteiger partial charge >= 0.3 is 0 Å². The highest BCUT2D eigenvalue weighted by Crippen LogP contribution is 2.17. The van der Waals surface area contributed by atoms with Gasteiger partial charge in [0.2, 0.25) is 0 Å². The van der Waals surface area contributed by atoms with Crippen molar-refractivity contribution in [3.05, 3.63) is 28.9 Å². The topological polar surface area (TPSA) is 68.5 Å². The fourth-order valence-corrected chi connectivity index (χ4v) is 1.45. The van der Waals surface area contributed by atoms with Crippen molar-refractivity contribution in [3.63, 3.8) is 0 Å². The second kappa shape index (κ2) is 4.35. The SMILES string of the molecule is Cn1ncc(CNc2ncncc2Br)n1. The summed E-state index contributed by atoms with van der Waals surface area (Å²) in [6, 6.07) is 0. The first-order chi connectivity index (χ1) is 7.25. The maximum atomic E-state index is 4.14. The highest BCUT2D eigenvalue weighted by Gasteiger charge is 2.02. The minimum Gasteiger partial charge on any atom is -0.363 e. The fraction of sp³-hybridized carbons (Fsp3) is 0.250. The molecule has 0 fully saturated rings. The molecule has 0 radical (unpaired) electrons. The third kappa shape index (κ3) is 2.50. The number of halogens is 1. The van der Waals surface area contributed by atoms with E-state index in [0.717, 1.165) is 16.0 Å². The van der Waals surface area contributed by atoms with Crippen molar-refractivity contribution in [2.45, 2.75) is 6.54 Å². The van der Waals surface area contributed by atoms with Crippen LogP contribution in [0.3, 0.4) is 0 Å². The number of hydrogen-bond donors (Lipinski definition) is 1. The predicted molar refractivity (Wildman–Crippen MR) is 58.1 cm³/mol. The largest absolute Gasteiger partial charge is 0.363 e. The molecule has 2 rings (SSSR count). The van der Waals surface area contributed by atoms with Crippen LogP contribution in [-0.4, -0.2) is 25.0 Å². The second-order valence-corrected chi connectivity index (χ2v) is 3.75. The molecule has 6 nitrogen and oxygen atoms in total. The van der Waals surface area contributed by atoms with Crippen LogP contribution in [0.4, 0.5) is 5.82 Å². The number of aryl methyl sites for hydroxylation is 1. The molecule has 2 aromatic rings. The van der Waals surface area contributed by atoms with Gasteiger partial charge in [0.15, 0.2) is 0 Å². The molecule has 0 amide bonds. The lowest BCUT2D eigenvalue weighted by atomic mass is 10.4. The molecular formula is C8H9BrN6. The Kier molecular flexibility index (Phi) is 2.91. The molecule has 0 atom stereocenters. The molecule has 0 unspecified atom stereocenters. The molecule has 0 saturated heterocycles. The Morgan fingerprint density at radius 3 is 3.00 bits per heavy atom.